The molecule has 2 heterocycles. The summed E-state index contributed by atoms with van der Waals surface area (Å²) in [4.78, 5) is 23.7. The van der Waals surface area contributed by atoms with Gasteiger partial charge in [0.25, 0.3) is 0 Å². The van der Waals surface area contributed by atoms with Crippen LogP contribution < -0.4 is 20.3 Å². The number of benzene rings is 1. The lowest BCUT2D eigenvalue weighted by molar-refractivity contribution is -0.122. The van der Waals surface area contributed by atoms with Gasteiger partial charge in [-0.2, -0.15) is 0 Å². The summed E-state index contributed by atoms with van der Waals surface area (Å²) in [6, 6.07) is 10.4. The third kappa shape index (κ3) is 6.09. The van der Waals surface area contributed by atoms with Crippen LogP contribution in [0, 0.1) is 5.92 Å². The highest BCUT2D eigenvalue weighted by Gasteiger charge is 2.24. The average molecular weight is 424 g/mol. The van der Waals surface area contributed by atoms with Crippen molar-refractivity contribution in [3.05, 3.63) is 42.2 Å². The van der Waals surface area contributed by atoms with Crippen LogP contribution in [-0.2, 0) is 4.79 Å². The Labute approximate surface area is 184 Å². The van der Waals surface area contributed by atoms with E-state index in [0.717, 1.165) is 55.3 Å². The molecule has 1 amide bonds. The van der Waals surface area contributed by atoms with Gasteiger partial charge in [-0.3, -0.25) is 4.79 Å². The molecule has 1 saturated heterocycles. The van der Waals surface area contributed by atoms with Crippen molar-refractivity contribution in [2.75, 3.05) is 30.4 Å². The molecule has 4 rings (SSSR count). The lowest BCUT2D eigenvalue weighted by atomic mass is 9.93. The van der Waals surface area contributed by atoms with Crippen molar-refractivity contribution in [1.82, 2.24) is 15.3 Å². The van der Waals surface area contributed by atoms with Gasteiger partial charge in [0.1, 0.15) is 23.7 Å². The second kappa shape index (κ2) is 9.98. The van der Waals surface area contributed by atoms with Gasteiger partial charge in [0.05, 0.1) is 13.2 Å². The number of aromatic nitrogens is 2. The molecule has 2 aromatic rings. The third-order valence-electron chi connectivity index (χ3n) is 6.18. The number of rotatable bonds is 9. The van der Waals surface area contributed by atoms with Gasteiger partial charge in [-0.05, 0) is 62.6 Å². The van der Waals surface area contributed by atoms with Gasteiger partial charge < -0.3 is 20.3 Å². The number of nitrogens with one attached hydrogen (secondary N) is 2. The molecular formula is C24H33N5O2. The second-order valence-corrected chi connectivity index (χ2v) is 8.74. The number of hydrogen-bond acceptors (Lipinski definition) is 6. The monoisotopic (exact) mass is 423 g/mol. The predicted molar refractivity (Wildman–Crippen MR) is 122 cm³/mol. The minimum Gasteiger partial charge on any atom is -0.497 e. The van der Waals surface area contributed by atoms with Crippen LogP contribution in [-0.4, -0.2) is 42.1 Å². The van der Waals surface area contributed by atoms with Gasteiger partial charge in [-0.1, -0.05) is 12.1 Å². The van der Waals surface area contributed by atoms with Crippen LogP contribution >= 0.6 is 0 Å². The summed E-state index contributed by atoms with van der Waals surface area (Å²) in [6.07, 6.45) is 7.83. The number of amides is 1. The molecule has 2 fully saturated rings. The first-order chi connectivity index (χ1) is 15.1. The SMILES string of the molecule is COc1cccc([C@@H](C)NC(=O)CC[C@@H]2CCCN(c3cc(NC4CC4)ncn3)C2)c1. The molecule has 1 aliphatic carbocycles. The van der Waals surface area contributed by atoms with E-state index in [-0.39, 0.29) is 11.9 Å². The minimum atomic E-state index is -0.0381. The first-order valence-electron chi connectivity index (χ1n) is 11.4. The molecule has 0 spiro atoms. The van der Waals surface area contributed by atoms with Crippen molar-refractivity contribution in [2.45, 2.75) is 57.5 Å². The molecule has 0 unspecified atom stereocenters. The molecular weight excluding hydrogens is 390 g/mol. The fraction of sp³-hybridized carbons (Fsp3) is 0.542. The molecule has 31 heavy (non-hydrogen) atoms. The number of carbonyl (C=O) groups is 1. The topological polar surface area (TPSA) is 79.4 Å². The molecule has 0 radical (unpaired) electrons. The smallest absolute Gasteiger partial charge is 0.220 e. The molecule has 2 N–H and O–H groups in total. The Morgan fingerprint density at radius 1 is 1.26 bits per heavy atom. The number of anilines is 2. The van der Waals surface area contributed by atoms with Crippen LogP contribution in [0.4, 0.5) is 11.6 Å². The first kappa shape index (κ1) is 21.4. The van der Waals surface area contributed by atoms with Crippen LogP contribution in [0.3, 0.4) is 0 Å². The summed E-state index contributed by atoms with van der Waals surface area (Å²) < 4.78 is 5.28. The lowest BCUT2D eigenvalue weighted by Gasteiger charge is -2.33. The predicted octanol–water partition coefficient (Wildman–Crippen LogP) is 3.93. The van der Waals surface area contributed by atoms with E-state index >= 15 is 0 Å². The van der Waals surface area contributed by atoms with Crippen molar-refractivity contribution >= 4 is 17.5 Å². The van der Waals surface area contributed by atoms with E-state index in [2.05, 4.69) is 31.6 Å². The number of nitrogens with zero attached hydrogens (tertiary/aromatic N) is 3. The van der Waals surface area contributed by atoms with Gasteiger partial charge in [-0.15, -0.1) is 0 Å². The minimum absolute atomic E-state index is 0.0381. The Kier molecular flexibility index (Phi) is 6.89. The Hall–Kier alpha value is -2.83. The number of piperidine rings is 1. The zero-order valence-electron chi connectivity index (χ0n) is 18.5. The summed E-state index contributed by atoms with van der Waals surface area (Å²) in [7, 11) is 1.65. The van der Waals surface area contributed by atoms with Crippen molar-refractivity contribution in [3.8, 4) is 5.75 Å². The zero-order valence-corrected chi connectivity index (χ0v) is 18.5. The van der Waals surface area contributed by atoms with Crippen LogP contribution in [0.25, 0.3) is 0 Å². The van der Waals surface area contributed by atoms with Crippen LogP contribution in [0.15, 0.2) is 36.7 Å². The highest BCUT2D eigenvalue weighted by molar-refractivity contribution is 5.76. The van der Waals surface area contributed by atoms with Crippen molar-refractivity contribution in [1.29, 1.82) is 0 Å². The fourth-order valence-corrected chi connectivity index (χ4v) is 4.19. The zero-order chi connectivity index (χ0) is 21.6. The lowest BCUT2D eigenvalue weighted by Crippen LogP contribution is -2.36. The third-order valence-corrected chi connectivity index (χ3v) is 6.18. The molecule has 1 aromatic carbocycles. The van der Waals surface area contributed by atoms with E-state index in [0.29, 0.717) is 18.4 Å². The van der Waals surface area contributed by atoms with Crippen LogP contribution in [0.1, 0.15) is 57.1 Å². The Morgan fingerprint density at radius 2 is 2.13 bits per heavy atom. The maximum atomic E-state index is 12.5. The Balaban J connectivity index is 1.26. The van der Waals surface area contributed by atoms with Gasteiger partial charge in [0.2, 0.25) is 5.91 Å². The van der Waals surface area contributed by atoms with Gasteiger partial charge in [-0.25, -0.2) is 9.97 Å². The maximum absolute atomic E-state index is 12.5. The van der Waals surface area contributed by atoms with E-state index < -0.39 is 0 Å². The molecule has 7 heteroatoms. The standard InChI is InChI=1S/C24H33N5O2/c1-17(19-6-3-7-21(13-19)31-2)27-24(30)11-8-18-5-4-12-29(15-18)23-14-22(25-16-26-23)28-20-9-10-20/h3,6-7,13-14,16-18,20H,4-5,8-12,15H2,1-2H3,(H,27,30)(H,25,26,28)/t17-,18+/m1/s1. The van der Waals surface area contributed by atoms with Crippen molar-refractivity contribution in [2.24, 2.45) is 5.92 Å². The normalized spacial score (nSPS) is 19.5. The summed E-state index contributed by atoms with van der Waals surface area (Å²) >= 11 is 0. The summed E-state index contributed by atoms with van der Waals surface area (Å²) in [5.74, 6) is 3.31. The Bertz CT molecular complexity index is 886. The summed E-state index contributed by atoms with van der Waals surface area (Å²) in [5, 5.41) is 6.57. The number of hydrogen-bond donors (Lipinski definition) is 2. The number of methoxy groups -OCH3 is 1. The second-order valence-electron chi connectivity index (χ2n) is 8.74. The highest BCUT2D eigenvalue weighted by Crippen LogP contribution is 2.28. The summed E-state index contributed by atoms with van der Waals surface area (Å²) in [6.45, 7) is 3.96. The number of carbonyl (C=O) groups excluding carboxylic acids is 1. The van der Waals surface area contributed by atoms with E-state index in [1.165, 1.54) is 12.8 Å². The molecule has 2 atom stereocenters. The van der Waals surface area contributed by atoms with Gasteiger partial charge in [0, 0.05) is 31.6 Å². The van der Waals surface area contributed by atoms with E-state index in [1.54, 1.807) is 13.4 Å². The number of ether oxygens (including phenoxy) is 1. The van der Waals surface area contributed by atoms with Crippen molar-refractivity contribution in [3.63, 3.8) is 0 Å². The highest BCUT2D eigenvalue weighted by atomic mass is 16.5. The molecule has 2 aliphatic rings. The first-order valence-corrected chi connectivity index (χ1v) is 11.4. The van der Waals surface area contributed by atoms with Gasteiger partial charge >= 0.3 is 0 Å². The largest absolute Gasteiger partial charge is 0.497 e. The molecule has 1 aliphatic heterocycles. The Morgan fingerprint density at radius 3 is 2.94 bits per heavy atom. The van der Waals surface area contributed by atoms with Crippen LogP contribution in [0.5, 0.6) is 5.75 Å². The van der Waals surface area contributed by atoms with E-state index in [4.69, 9.17) is 4.74 Å². The van der Waals surface area contributed by atoms with Gasteiger partial charge in [0.15, 0.2) is 0 Å². The molecule has 7 nitrogen and oxygen atoms in total. The fourth-order valence-electron chi connectivity index (χ4n) is 4.19. The summed E-state index contributed by atoms with van der Waals surface area (Å²) in [5.41, 5.74) is 1.05. The molecule has 1 aromatic heterocycles. The molecule has 1 saturated carbocycles. The quantitative estimate of drug-likeness (QED) is 0.636. The van der Waals surface area contributed by atoms with Crippen LogP contribution in [0.2, 0.25) is 0 Å². The molecule has 0 bridgehead atoms. The maximum Gasteiger partial charge on any atom is 0.220 e. The van der Waals surface area contributed by atoms with E-state index in [1.807, 2.05) is 31.2 Å². The van der Waals surface area contributed by atoms with E-state index in [9.17, 15) is 4.79 Å². The van der Waals surface area contributed by atoms with Crippen molar-refractivity contribution < 1.29 is 9.53 Å². The molecule has 166 valence electrons. The average Bonchev–Trinajstić information content (AvgIpc) is 3.62.